The Bertz CT molecular complexity index is 204. The minimum Gasteiger partial charge on any atom is -0.298 e. The maximum Gasteiger partial charge on any atom is 0.0125 e. The standard InChI is InChI=1S/C14H27N/c1-14(2,3)15-10-9-12-7-5-4-6-8-13(12)11-15/h12-13H,4-11H2,1-3H3/t12-,13-/m0/s1. The Morgan fingerprint density at radius 1 is 0.867 bits per heavy atom. The Hall–Kier alpha value is -0.0400. The van der Waals surface area contributed by atoms with Gasteiger partial charge in [-0.2, -0.15) is 0 Å². The van der Waals surface area contributed by atoms with E-state index >= 15 is 0 Å². The Morgan fingerprint density at radius 2 is 1.53 bits per heavy atom. The van der Waals surface area contributed by atoms with Crippen LogP contribution >= 0.6 is 0 Å². The first-order chi connectivity index (χ1) is 7.07. The van der Waals surface area contributed by atoms with Gasteiger partial charge in [-0.05, 0) is 52.0 Å². The topological polar surface area (TPSA) is 3.24 Å². The average molecular weight is 209 g/mol. The van der Waals surface area contributed by atoms with Crippen molar-refractivity contribution in [3.63, 3.8) is 0 Å². The van der Waals surface area contributed by atoms with Gasteiger partial charge in [-0.3, -0.25) is 4.90 Å². The van der Waals surface area contributed by atoms with Crippen LogP contribution in [-0.2, 0) is 0 Å². The van der Waals surface area contributed by atoms with Crippen LogP contribution in [0.25, 0.3) is 0 Å². The van der Waals surface area contributed by atoms with Crippen LogP contribution in [0.3, 0.4) is 0 Å². The molecule has 88 valence electrons. The molecule has 0 bridgehead atoms. The van der Waals surface area contributed by atoms with Crippen LogP contribution in [0.1, 0.15) is 59.3 Å². The molecule has 2 fully saturated rings. The van der Waals surface area contributed by atoms with Gasteiger partial charge < -0.3 is 0 Å². The lowest BCUT2D eigenvalue weighted by atomic mass is 9.80. The largest absolute Gasteiger partial charge is 0.298 e. The summed E-state index contributed by atoms with van der Waals surface area (Å²) >= 11 is 0. The van der Waals surface area contributed by atoms with E-state index in [1.165, 1.54) is 51.6 Å². The van der Waals surface area contributed by atoms with E-state index in [4.69, 9.17) is 0 Å². The summed E-state index contributed by atoms with van der Waals surface area (Å²) in [5, 5.41) is 0. The van der Waals surface area contributed by atoms with Crippen LogP contribution in [0, 0.1) is 11.8 Å². The van der Waals surface area contributed by atoms with Crippen molar-refractivity contribution in [1.29, 1.82) is 0 Å². The average Bonchev–Trinajstić information content (AvgIpc) is 2.39. The first-order valence-corrected chi connectivity index (χ1v) is 6.82. The number of hydrogen-bond acceptors (Lipinski definition) is 1. The third kappa shape index (κ3) is 2.75. The predicted octanol–water partition coefficient (Wildman–Crippen LogP) is 3.69. The van der Waals surface area contributed by atoms with Gasteiger partial charge in [-0.15, -0.1) is 0 Å². The summed E-state index contributed by atoms with van der Waals surface area (Å²) in [6, 6.07) is 0. The maximum absolute atomic E-state index is 2.71. The summed E-state index contributed by atoms with van der Waals surface area (Å²) in [5.41, 5.74) is 0.386. The van der Waals surface area contributed by atoms with Crippen LogP contribution in [0.4, 0.5) is 0 Å². The van der Waals surface area contributed by atoms with Crippen molar-refractivity contribution in [3.8, 4) is 0 Å². The van der Waals surface area contributed by atoms with Crippen LogP contribution in [0.15, 0.2) is 0 Å². The van der Waals surface area contributed by atoms with Gasteiger partial charge in [0.25, 0.3) is 0 Å². The van der Waals surface area contributed by atoms with Crippen molar-refractivity contribution in [2.24, 2.45) is 11.8 Å². The highest BCUT2D eigenvalue weighted by atomic mass is 15.2. The van der Waals surface area contributed by atoms with Gasteiger partial charge in [0.2, 0.25) is 0 Å². The van der Waals surface area contributed by atoms with E-state index in [1.54, 1.807) is 0 Å². The Balaban J connectivity index is 1.97. The lowest BCUT2D eigenvalue weighted by Crippen LogP contribution is -2.49. The number of piperidine rings is 1. The highest BCUT2D eigenvalue weighted by molar-refractivity contribution is 4.87. The molecule has 0 aromatic rings. The Labute approximate surface area is 95.2 Å². The molecule has 0 spiro atoms. The van der Waals surface area contributed by atoms with Gasteiger partial charge in [-0.1, -0.05) is 25.7 Å². The molecule has 1 saturated heterocycles. The van der Waals surface area contributed by atoms with Crippen molar-refractivity contribution in [1.82, 2.24) is 4.90 Å². The number of fused-ring (bicyclic) bond motifs is 1. The molecule has 0 radical (unpaired) electrons. The fourth-order valence-corrected chi connectivity index (χ4v) is 3.39. The normalized spacial score (nSPS) is 34.6. The summed E-state index contributed by atoms with van der Waals surface area (Å²) < 4.78 is 0. The van der Waals surface area contributed by atoms with Gasteiger partial charge in [0, 0.05) is 12.1 Å². The van der Waals surface area contributed by atoms with Gasteiger partial charge in [0.15, 0.2) is 0 Å². The van der Waals surface area contributed by atoms with E-state index in [0.717, 1.165) is 11.8 Å². The second-order valence-corrected chi connectivity index (χ2v) is 6.56. The molecule has 0 unspecified atom stereocenters. The number of rotatable bonds is 0. The molecule has 2 rings (SSSR count). The zero-order chi connectivity index (χ0) is 10.9. The minimum absolute atomic E-state index is 0.386. The number of likely N-dealkylation sites (tertiary alicyclic amines) is 1. The molecule has 1 aliphatic heterocycles. The number of hydrogen-bond donors (Lipinski definition) is 0. The maximum atomic E-state index is 2.71. The van der Waals surface area contributed by atoms with E-state index in [0.29, 0.717) is 5.54 Å². The van der Waals surface area contributed by atoms with Crippen molar-refractivity contribution in [2.45, 2.75) is 64.8 Å². The van der Waals surface area contributed by atoms with Gasteiger partial charge in [0.1, 0.15) is 0 Å². The molecule has 1 heteroatoms. The molecule has 2 aliphatic rings. The Morgan fingerprint density at radius 3 is 2.20 bits per heavy atom. The molecular weight excluding hydrogens is 182 g/mol. The second kappa shape index (κ2) is 4.45. The van der Waals surface area contributed by atoms with E-state index in [1.807, 2.05) is 0 Å². The fourth-order valence-electron chi connectivity index (χ4n) is 3.39. The highest BCUT2D eigenvalue weighted by Gasteiger charge is 2.33. The minimum atomic E-state index is 0.386. The predicted molar refractivity (Wildman–Crippen MR) is 66.0 cm³/mol. The molecule has 1 nitrogen and oxygen atoms in total. The van der Waals surface area contributed by atoms with E-state index in [2.05, 4.69) is 25.7 Å². The van der Waals surface area contributed by atoms with Gasteiger partial charge in [-0.25, -0.2) is 0 Å². The smallest absolute Gasteiger partial charge is 0.0125 e. The lowest BCUT2D eigenvalue weighted by Gasteiger charge is -2.44. The third-order valence-electron chi connectivity index (χ3n) is 4.49. The van der Waals surface area contributed by atoms with Crippen molar-refractivity contribution in [3.05, 3.63) is 0 Å². The summed E-state index contributed by atoms with van der Waals surface area (Å²) in [6.07, 6.45) is 8.94. The summed E-state index contributed by atoms with van der Waals surface area (Å²) in [4.78, 5) is 2.71. The van der Waals surface area contributed by atoms with Crippen molar-refractivity contribution < 1.29 is 0 Å². The first-order valence-electron chi connectivity index (χ1n) is 6.82. The van der Waals surface area contributed by atoms with E-state index in [-0.39, 0.29) is 0 Å². The SMILES string of the molecule is CC(C)(C)N1CC[C@@H]2CCCCC[C@H]2C1. The summed E-state index contributed by atoms with van der Waals surface area (Å²) in [7, 11) is 0. The molecule has 1 heterocycles. The molecule has 15 heavy (non-hydrogen) atoms. The molecule has 0 aromatic heterocycles. The molecule has 2 atom stereocenters. The van der Waals surface area contributed by atoms with Gasteiger partial charge >= 0.3 is 0 Å². The Kier molecular flexibility index (Phi) is 3.39. The van der Waals surface area contributed by atoms with Crippen molar-refractivity contribution in [2.75, 3.05) is 13.1 Å². The molecule has 1 aliphatic carbocycles. The van der Waals surface area contributed by atoms with Crippen LogP contribution in [0.2, 0.25) is 0 Å². The zero-order valence-electron chi connectivity index (χ0n) is 10.8. The second-order valence-electron chi connectivity index (χ2n) is 6.56. The third-order valence-corrected chi connectivity index (χ3v) is 4.49. The molecule has 1 saturated carbocycles. The molecule has 0 N–H and O–H groups in total. The first kappa shape index (κ1) is 11.4. The van der Waals surface area contributed by atoms with Crippen molar-refractivity contribution >= 4 is 0 Å². The fraction of sp³-hybridized carbons (Fsp3) is 1.00. The number of nitrogens with zero attached hydrogens (tertiary/aromatic N) is 1. The van der Waals surface area contributed by atoms with E-state index < -0.39 is 0 Å². The van der Waals surface area contributed by atoms with Crippen LogP contribution in [-0.4, -0.2) is 23.5 Å². The quantitative estimate of drug-likeness (QED) is 0.588. The monoisotopic (exact) mass is 209 g/mol. The summed E-state index contributed by atoms with van der Waals surface area (Å²) in [5.74, 6) is 2.08. The molecule has 0 amide bonds. The molecule has 0 aromatic carbocycles. The van der Waals surface area contributed by atoms with Crippen LogP contribution in [0.5, 0.6) is 0 Å². The molecular formula is C14H27N. The lowest BCUT2D eigenvalue weighted by molar-refractivity contribution is 0.0438. The van der Waals surface area contributed by atoms with Gasteiger partial charge in [0.05, 0.1) is 0 Å². The van der Waals surface area contributed by atoms with Crippen LogP contribution < -0.4 is 0 Å². The summed E-state index contributed by atoms with van der Waals surface area (Å²) in [6.45, 7) is 9.80. The van der Waals surface area contributed by atoms with E-state index in [9.17, 15) is 0 Å². The zero-order valence-corrected chi connectivity index (χ0v) is 10.8. The highest BCUT2D eigenvalue weighted by Crippen LogP contribution is 2.36.